The molecule has 0 aliphatic carbocycles. The number of hydrogen-bond acceptors (Lipinski definition) is 2. The number of likely N-dealkylation sites (tertiary alicyclic amines) is 1. The van der Waals surface area contributed by atoms with E-state index in [2.05, 4.69) is 11.8 Å². The molecule has 0 saturated carbocycles. The van der Waals surface area contributed by atoms with Gasteiger partial charge in [0.2, 0.25) is 11.8 Å². The number of carbonyl (C=O) groups is 2. The second kappa shape index (κ2) is 7.05. The Hall–Kier alpha value is -1.50. The Morgan fingerprint density at radius 2 is 2.33 bits per heavy atom. The van der Waals surface area contributed by atoms with Crippen LogP contribution in [0.2, 0.25) is 0 Å². The van der Waals surface area contributed by atoms with Gasteiger partial charge in [-0.2, -0.15) is 0 Å². The summed E-state index contributed by atoms with van der Waals surface area (Å²) in [5.74, 6) is 5.86. The molecule has 1 heterocycles. The molecule has 2 unspecified atom stereocenters. The summed E-state index contributed by atoms with van der Waals surface area (Å²) in [6.45, 7) is 4.33. The molecular weight excluding hydrogens is 228 g/mol. The maximum absolute atomic E-state index is 12.2. The summed E-state index contributed by atoms with van der Waals surface area (Å²) in [5.41, 5.74) is 5.35. The van der Waals surface area contributed by atoms with E-state index in [9.17, 15) is 9.59 Å². The molecule has 2 atom stereocenters. The van der Waals surface area contributed by atoms with Gasteiger partial charge in [0.15, 0.2) is 0 Å². The zero-order valence-electron chi connectivity index (χ0n) is 11.2. The first kappa shape index (κ1) is 14.6. The van der Waals surface area contributed by atoms with Crippen molar-refractivity contribution in [3.63, 3.8) is 0 Å². The normalized spacial score (nSPS) is 21.8. The van der Waals surface area contributed by atoms with E-state index in [1.54, 1.807) is 4.90 Å². The van der Waals surface area contributed by atoms with Crippen LogP contribution in [0.1, 0.15) is 46.0 Å². The molecule has 1 saturated heterocycles. The summed E-state index contributed by atoms with van der Waals surface area (Å²) >= 11 is 0. The Balaban J connectivity index is 2.70. The number of nitrogens with two attached hydrogens (primary N) is 1. The molecule has 0 aromatic carbocycles. The van der Waals surface area contributed by atoms with Crippen molar-refractivity contribution >= 4 is 11.8 Å². The van der Waals surface area contributed by atoms with Gasteiger partial charge in [-0.15, -0.1) is 11.8 Å². The van der Waals surface area contributed by atoms with Crippen LogP contribution in [0.3, 0.4) is 0 Å². The van der Waals surface area contributed by atoms with Crippen LogP contribution in [0.4, 0.5) is 0 Å². The van der Waals surface area contributed by atoms with E-state index in [0.717, 1.165) is 19.3 Å². The molecular formula is C14H22N2O2. The molecule has 0 bridgehead atoms. The molecule has 2 N–H and O–H groups in total. The molecule has 0 aromatic heterocycles. The molecule has 2 amide bonds. The Kier molecular flexibility index (Phi) is 5.70. The first-order valence-electron chi connectivity index (χ1n) is 6.58. The maximum Gasteiger partial charge on any atom is 0.240 e. The predicted molar refractivity (Wildman–Crippen MR) is 70.4 cm³/mol. The lowest BCUT2D eigenvalue weighted by atomic mass is 9.97. The molecule has 0 spiro atoms. The van der Waals surface area contributed by atoms with Crippen LogP contribution < -0.4 is 5.73 Å². The molecule has 1 aliphatic rings. The van der Waals surface area contributed by atoms with Gasteiger partial charge in [-0.1, -0.05) is 6.92 Å². The first-order valence-corrected chi connectivity index (χ1v) is 6.58. The summed E-state index contributed by atoms with van der Waals surface area (Å²) in [5, 5.41) is 0. The van der Waals surface area contributed by atoms with Crippen LogP contribution in [-0.2, 0) is 9.59 Å². The second-order valence-electron chi connectivity index (χ2n) is 4.76. The van der Waals surface area contributed by atoms with Crippen molar-refractivity contribution in [1.29, 1.82) is 0 Å². The van der Waals surface area contributed by atoms with Crippen molar-refractivity contribution < 1.29 is 9.59 Å². The topological polar surface area (TPSA) is 63.4 Å². The molecule has 1 fully saturated rings. The van der Waals surface area contributed by atoms with Gasteiger partial charge in [0.05, 0.1) is 0 Å². The Bertz CT molecular complexity index is 368. The minimum absolute atomic E-state index is 0.0426. The van der Waals surface area contributed by atoms with E-state index in [4.69, 9.17) is 5.73 Å². The van der Waals surface area contributed by atoms with E-state index in [1.807, 2.05) is 13.8 Å². The molecule has 1 rings (SSSR count). The third-order valence-corrected chi connectivity index (χ3v) is 3.45. The summed E-state index contributed by atoms with van der Waals surface area (Å²) < 4.78 is 0. The van der Waals surface area contributed by atoms with Crippen LogP contribution in [0.15, 0.2) is 0 Å². The highest BCUT2D eigenvalue weighted by Gasteiger charge is 2.30. The molecule has 4 heteroatoms. The van der Waals surface area contributed by atoms with Crippen molar-refractivity contribution in [2.45, 2.75) is 52.0 Å². The molecule has 18 heavy (non-hydrogen) atoms. The largest absolute Gasteiger partial charge is 0.368 e. The van der Waals surface area contributed by atoms with E-state index < -0.39 is 11.9 Å². The van der Waals surface area contributed by atoms with Crippen LogP contribution in [0.5, 0.6) is 0 Å². The van der Waals surface area contributed by atoms with Crippen molar-refractivity contribution in [3.05, 3.63) is 0 Å². The SMILES string of the molecule is CC#CCC1CCCN(C(CC)C(N)=O)C(=O)C1. The minimum atomic E-state index is -0.450. The number of carbonyl (C=O) groups excluding carboxylic acids is 2. The van der Waals surface area contributed by atoms with E-state index >= 15 is 0 Å². The average molecular weight is 250 g/mol. The van der Waals surface area contributed by atoms with E-state index in [0.29, 0.717) is 25.3 Å². The van der Waals surface area contributed by atoms with E-state index in [1.165, 1.54) is 0 Å². The minimum Gasteiger partial charge on any atom is -0.368 e. The van der Waals surface area contributed by atoms with Crippen LogP contribution in [0.25, 0.3) is 0 Å². The fourth-order valence-corrected chi connectivity index (χ4v) is 2.47. The zero-order valence-corrected chi connectivity index (χ0v) is 11.2. The lowest BCUT2D eigenvalue weighted by Crippen LogP contribution is -2.47. The van der Waals surface area contributed by atoms with Gasteiger partial charge in [-0.25, -0.2) is 0 Å². The smallest absolute Gasteiger partial charge is 0.240 e. The van der Waals surface area contributed by atoms with Crippen molar-refractivity contribution in [3.8, 4) is 11.8 Å². The average Bonchev–Trinajstić information content (AvgIpc) is 2.50. The molecule has 1 aliphatic heterocycles. The third-order valence-electron chi connectivity index (χ3n) is 3.45. The summed E-state index contributed by atoms with van der Waals surface area (Å²) in [7, 11) is 0. The van der Waals surface area contributed by atoms with Crippen molar-refractivity contribution in [1.82, 2.24) is 4.90 Å². The maximum atomic E-state index is 12.2. The molecule has 100 valence electrons. The van der Waals surface area contributed by atoms with Gasteiger partial charge >= 0.3 is 0 Å². The standard InChI is InChI=1S/C14H22N2O2/c1-3-5-7-11-8-6-9-16(13(17)10-11)12(4-2)14(15)18/h11-12H,4,6-10H2,1-2H3,(H2,15,18). The lowest BCUT2D eigenvalue weighted by molar-refractivity contribution is -0.139. The summed E-state index contributed by atoms with van der Waals surface area (Å²) in [6, 6.07) is -0.450. The lowest BCUT2D eigenvalue weighted by Gasteiger charge is -2.27. The molecule has 0 aromatic rings. The first-order chi connectivity index (χ1) is 8.60. The quantitative estimate of drug-likeness (QED) is 0.764. The number of rotatable bonds is 4. The third kappa shape index (κ3) is 3.76. The van der Waals surface area contributed by atoms with E-state index in [-0.39, 0.29) is 5.91 Å². The van der Waals surface area contributed by atoms with Crippen LogP contribution >= 0.6 is 0 Å². The number of amides is 2. The van der Waals surface area contributed by atoms with Gasteiger partial charge in [-0.05, 0) is 32.1 Å². The number of primary amides is 1. The zero-order chi connectivity index (χ0) is 13.5. The highest BCUT2D eigenvalue weighted by molar-refractivity contribution is 5.86. The highest BCUT2D eigenvalue weighted by atomic mass is 16.2. The number of nitrogens with zero attached hydrogens (tertiary/aromatic N) is 1. The van der Waals surface area contributed by atoms with Gasteiger partial charge < -0.3 is 10.6 Å². The van der Waals surface area contributed by atoms with Crippen LogP contribution in [0, 0.1) is 17.8 Å². The molecule has 4 nitrogen and oxygen atoms in total. The molecule has 0 radical (unpaired) electrons. The Morgan fingerprint density at radius 3 is 2.89 bits per heavy atom. The van der Waals surface area contributed by atoms with Crippen LogP contribution in [-0.4, -0.2) is 29.3 Å². The monoisotopic (exact) mass is 250 g/mol. The second-order valence-corrected chi connectivity index (χ2v) is 4.76. The van der Waals surface area contributed by atoms with Crippen molar-refractivity contribution in [2.24, 2.45) is 11.7 Å². The van der Waals surface area contributed by atoms with Gasteiger partial charge in [-0.3, -0.25) is 9.59 Å². The Labute approximate surface area is 109 Å². The fourth-order valence-electron chi connectivity index (χ4n) is 2.47. The van der Waals surface area contributed by atoms with Gasteiger partial charge in [0.1, 0.15) is 6.04 Å². The summed E-state index contributed by atoms with van der Waals surface area (Å²) in [6.07, 6.45) is 3.75. The van der Waals surface area contributed by atoms with Gasteiger partial charge in [0.25, 0.3) is 0 Å². The summed E-state index contributed by atoms with van der Waals surface area (Å²) in [4.78, 5) is 25.2. The Morgan fingerprint density at radius 1 is 1.61 bits per heavy atom. The predicted octanol–water partition coefficient (Wildman–Crippen LogP) is 1.29. The highest BCUT2D eigenvalue weighted by Crippen LogP contribution is 2.23. The van der Waals surface area contributed by atoms with Gasteiger partial charge in [0, 0.05) is 19.4 Å². The van der Waals surface area contributed by atoms with Crippen molar-refractivity contribution in [2.75, 3.05) is 6.54 Å². The number of hydrogen-bond donors (Lipinski definition) is 1. The fraction of sp³-hybridized carbons (Fsp3) is 0.714.